The summed E-state index contributed by atoms with van der Waals surface area (Å²) in [6.07, 6.45) is 5.31. The van der Waals surface area contributed by atoms with Crippen molar-refractivity contribution in [2.24, 2.45) is 0 Å². The first-order valence-corrected chi connectivity index (χ1v) is 13.5. The van der Waals surface area contributed by atoms with Crippen molar-refractivity contribution in [3.8, 4) is 0 Å². The number of hydrogen-bond donors (Lipinski definition) is 1. The summed E-state index contributed by atoms with van der Waals surface area (Å²) in [6.45, 7) is 4.19. The van der Waals surface area contributed by atoms with Crippen LogP contribution in [-0.2, 0) is 11.3 Å². The molecule has 5 nitrogen and oxygen atoms in total. The monoisotopic (exact) mass is 515 g/mol. The average molecular weight is 516 g/mol. The van der Waals surface area contributed by atoms with Crippen molar-refractivity contribution in [3.05, 3.63) is 100 Å². The molecule has 190 valence electrons. The molecule has 7 heteroatoms. The van der Waals surface area contributed by atoms with Crippen LogP contribution in [-0.4, -0.2) is 42.9 Å². The molecule has 0 radical (unpaired) electrons. The minimum absolute atomic E-state index is 0.144. The predicted molar refractivity (Wildman–Crippen MR) is 147 cm³/mol. The van der Waals surface area contributed by atoms with E-state index in [2.05, 4.69) is 10.2 Å². The van der Waals surface area contributed by atoms with Crippen molar-refractivity contribution < 1.29 is 14.0 Å². The molecule has 0 bridgehead atoms. The number of fused-ring (bicyclic) bond motifs is 1. The van der Waals surface area contributed by atoms with Crippen LogP contribution in [0.15, 0.2) is 82.6 Å². The zero-order chi connectivity index (χ0) is 25.6. The molecule has 5 rings (SSSR count). The Bertz CT molecular complexity index is 1290. The second-order valence-electron chi connectivity index (χ2n) is 9.38. The van der Waals surface area contributed by atoms with Gasteiger partial charge in [0.1, 0.15) is 5.82 Å². The number of benzene rings is 3. The van der Waals surface area contributed by atoms with Gasteiger partial charge in [-0.3, -0.25) is 9.59 Å². The molecule has 3 aromatic carbocycles. The highest BCUT2D eigenvalue weighted by Crippen LogP contribution is 2.43. The topological polar surface area (TPSA) is 52.7 Å². The lowest BCUT2D eigenvalue weighted by molar-refractivity contribution is -0.114. The summed E-state index contributed by atoms with van der Waals surface area (Å²) in [5.41, 5.74) is 2.96. The van der Waals surface area contributed by atoms with Gasteiger partial charge in [-0.2, -0.15) is 0 Å². The van der Waals surface area contributed by atoms with E-state index in [0.717, 1.165) is 42.1 Å². The number of carbonyl (C=O) groups excluding carboxylic acids is 2. The summed E-state index contributed by atoms with van der Waals surface area (Å²) < 4.78 is 13.5. The van der Waals surface area contributed by atoms with E-state index >= 15 is 0 Å². The highest BCUT2D eigenvalue weighted by molar-refractivity contribution is 8.04. The van der Waals surface area contributed by atoms with Crippen LogP contribution in [0.4, 0.5) is 10.1 Å². The molecule has 1 N–H and O–H groups in total. The molecule has 0 saturated carbocycles. The fraction of sp³-hybridized carbons (Fsp3) is 0.267. The summed E-state index contributed by atoms with van der Waals surface area (Å²) in [6, 6.07) is 21.4. The zero-order valence-corrected chi connectivity index (χ0v) is 21.5. The van der Waals surface area contributed by atoms with Crippen LogP contribution in [0.1, 0.15) is 40.7 Å². The van der Waals surface area contributed by atoms with Crippen molar-refractivity contribution in [3.63, 3.8) is 0 Å². The van der Waals surface area contributed by atoms with E-state index in [4.69, 9.17) is 0 Å². The maximum absolute atomic E-state index is 13.6. The summed E-state index contributed by atoms with van der Waals surface area (Å²) in [5, 5.41) is 3.02. The van der Waals surface area contributed by atoms with E-state index in [-0.39, 0.29) is 24.2 Å². The molecule has 0 atom stereocenters. The van der Waals surface area contributed by atoms with Gasteiger partial charge in [0.2, 0.25) is 0 Å². The Balaban J connectivity index is 1.37. The van der Waals surface area contributed by atoms with Crippen LogP contribution in [0.3, 0.4) is 0 Å². The highest BCUT2D eigenvalue weighted by atomic mass is 32.2. The number of anilines is 1. The Hall–Kier alpha value is -3.42. The van der Waals surface area contributed by atoms with Gasteiger partial charge in [0.15, 0.2) is 0 Å². The third-order valence-corrected chi connectivity index (χ3v) is 7.75. The minimum Gasteiger partial charge on any atom is -0.352 e. The van der Waals surface area contributed by atoms with Crippen molar-refractivity contribution in [1.29, 1.82) is 0 Å². The maximum Gasteiger partial charge on any atom is 0.265 e. The Labute approximate surface area is 221 Å². The van der Waals surface area contributed by atoms with E-state index in [9.17, 15) is 14.0 Å². The molecule has 37 heavy (non-hydrogen) atoms. The Kier molecular flexibility index (Phi) is 8.02. The Morgan fingerprint density at radius 2 is 1.76 bits per heavy atom. The number of rotatable bonds is 8. The first-order valence-electron chi connectivity index (χ1n) is 12.7. The van der Waals surface area contributed by atoms with Crippen LogP contribution in [0.2, 0.25) is 0 Å². The van der Waals surface area contributed by atoms with Gasteiger partial charge in [-0.15, -0.1) is 0 Å². The zero-order valence-electron chi connectivity index (χ0n) is 20.7. The van der Waals surface area contributed by atoms with Gasteiger partial charge in [-0.05, 0) is 86.4 Å². The van der Waals surface area contributed by atoms with Gasteiger partial charge in [0.05, 0.1) is 17.1 Å². The van der Waals surface area contributed by atoms with Crippen LogP contribution < -0.4 is 10.2 Å². The minimum atomic E-state index is -0.321. The third-order valence-electron chi connectivity index (χ3n) is 6.67. The number of nitrogens with zero attached hydrogens (tertiary/aromatic N) is 2. The summed E-state index contributed by atoms with van der Waals surface area (Å²) in [5.74, 6) is -0.610. The van der Waals surface area contributed by atoms with Crippen molar-refractivity contribution >= 4 is 35.3 Å². The van der Waals surface area contributed by atoms with E-state index < -0.39 is 0 Å². The first-order chi connectivity index (χ1) is 18.1. The fourth-order valence-corrected chi connectivity index (χ4v) is 5.73. The Morgan fingerprint density at radius 1 is 1.00 bits per heavy atom. The number of hydrogen-bond acceptors (Lipinski definition) is 4. The van der Waals surface area contributed by atoms with Crippen LogP contribution >= 0.6 is 11.8 Å². The molecule has 2 heterocycles. The molecule has 1 fully saturated rings. The molecule has 0 spiro atoms. The molecule has 0 unspecified atom stereocenters. The van der Waals surface area contributed by atoms with E-state index in [1.807, 2.05) is 48.5 Å². The smallest absolute Gasteiger partial charge is 0.265 e. The third kappa shape index (κ3) is 6.29. The number of nitrogens with one attached hydrogen (secondary N) is 1. The molecule has 2 amide bonds. The predicted octanol–water partition coefficient (Wildman–Crippen LogP) is 5.72. The highest BCUT2D eigenvalue weighted by Gasteiger charge is 2.30. The molecule has 0 aromatic heterocycles. The lowest BCUT2D eigenvalue weighted by Gasteiger charge is -2.31. The van der Waals surface area contributed by atoms with E-state index in [1.54, 1.807) is 23.1 Å². The molecule has 0 aliphatic carbocycles. The van der Waals surface area contributed by atoms with Gasteiger partial charge in [0.25, 0.3) is 11.8 Å². The quantitative estimate of drug-likeness (QED) is 0.308. The fourth-order valence-electron chi connectivity index (χ4n) is 4.69. The molecule has 3 aromatic rings. The molecule has 2 aliphatic heterocycles. The van der Waals surface area contributed by atoms with Gasteiger partial charge < -0.3 is 15.1 Å². The normalized spacial score (nSPS) is 16.7. The van der Waals surface area contributed by atoms with Crippen LogP contribution in [0.5, 0.6) is 0 Å². The van der Waals surface area contributed by atoms with Crippen LogP contribution in [0.25, 0.3) is 6.08 Å². The largest absolute Gasteiger partial charge is 0.352 e. The molecule has 2 aliphatic rings. The summed E-state index contributed by atoms with van der Waals surface area (Å²) >= 11 is 1.41. The number of amides is 2. The van der Waals surface area contributed by atoms with Crippen LogP contribution in [0, 0.1) is 5.82 Å². The average Bonchev–Trinajstić information content (AvgIpc) is 3.44. The number of thioether (sulfide) groups is 1. The molecular weight excluding hydrogens is 485 g/mol. The summed E-state index contributed by atoms with van der Waals surface area (Å²) in [7, 11) is 0. The van der Waals surface area contributed by atoms with E-state index in [1.165, 1.54) is 36.7 Å². The first kappa shape index (κ1) is 25.2. The number of halogens is 1. The standard InChI is InChI=1S/C30H30FN3O2S/c31-25-12-9-23(10-13-25)21-34-26-20-24(29(35)32-15-6-18-33-16-4-5-17-33)11-14-27(26)37-28(30(34)36)19-22-7-2-1-3-8-22/h1-3,7-14,19-20H,4-6,15-18,21H2,(H,32,35)/b28-19-. The van der Waals surface area contributed by atoms with Crippen molar-refractivity contribution in [1.82, 2.24) is 10.2 Å². The van der Waals surface area contributed by atoms with Gasteiger partial charge in [-0.1, -0.05) is 54.2 Å². The summed E-state index contributed by atoms with van der Waals surface area (Å²) in [4.78, 5) is 32.2. The van der Waals surface area contributed by atoms with Gasteiger partial charge >= 0.3 is 0 Å². The SMILES string of the molecule is O=C(NCCCN1CCCC1)c1ccc2c(c1)N(Cc1ccc(F)cc1)C(=O)/C(=C/c1ccccc1)S2. The van der Waals surface area contributed by atoms with Crippen molar-refractivity contribution in [2.45, 2.75) is 30.7 Å². The van der Waals surface area contributed by atoms with Crippen molar-refractivity contribution in [2.75, 3.05) is 31.1 Å². The maximum atomic E-state index is 13.6. The lowest BCUT2D eigenvalue weighted by Crippen LogP contribution is -2.34. The number of carbonyl (C=O) groups is 2. The number of likely N-dealkylation sites (tertiary alicyclic amines) is 1. The Morgan fingerprint density at radius 3 is 2.51 bits per heavy atom. The van der Waals surface area contributed by atoms with Gasteiger partial charge in [0, 0.05) is 17.0 Å². The molecular formula is C30H30FN3O2S. The second kappa shape index (κ2) is 11.8. The molecule has 1 saturated heterocycles. The second-order valence-corrected chi connectivity index (χ2v) is 10.5. The van der Waals surface area contributed by atoms with E-state index in [0.29, 0.717) is 22.7 Å². The lowest BCUT2D eigenvalue weighted by atomic mass is 10.1. The van der Waals surface area contributed by atoms with Gasteiger partial charge in [-0.25, -0.2) is 4.39 Å².